The highest BCUT2D eigenvalue weighted by atomic mass is 32.2. The van der Waals surface area contributed by atoms with Crippen molar-refractivity contribution in [1.82, 2.24) is 9.29 Å². The molecule has 0 bridgehead atoms. The predicted octanol–water partition coefficient (Wildman–Crippen LogP) is 5.41. The highest BCUT2D eigenvalue weighted by molar-refractivity contribution is 7.89. The van der Waals surface area contributed by atoms with Crippen LogP contribution in [0.3, 0.4) is 0 Å². The van der Waals surface area contributed by atoms with Gasteiger partial charge in [0.1, 0.15) is 0 Å². The quantitative estimate of drug-likeness (QED) is 0.345. The zero-order valence-corrected chi connectivity index (χ0v) is 19.9. The normalized spacial score (nSPS) is 12.2. The van der Waals surface area contributed by atoms with Gasteiger partial charge in [0, 0.05) is 24.0 Å². The zero-order chi connectivity index (χ0) is 22.4. The lowest BCUT2D eigenvalue weighted by molar-refractivity contribution is 0.445. The van der Waals surface area contributed by atoms with Crippen molar-refractivity contribution in [3.8, 4) is 11.3 Å². The predicted molar refractivity (Wildman–Crippen MR) is 129 cm³/mol. The van der Waals surface area contributed by atoms with Gasteiger partial charge >= 0.3 is 0 Å². The molecule has 1 N–H and O–H groups in total. The first-order valence-corrected chi connectivity index (χ1v) is 12.6. The van der Waals surface area contributed by atoms with E-state index < -0.39 is 10.0 Å². The topological polar surface area (TPSA) is 74.7 Å². The van der Waals surface area contributed by atoms with Crippen molar-refractivity contribution in [3.63, 3.8) is 0 Å². The summed E-state index contributed by atoms with van der Waals surface area (Å²) < 4.78 is 27.0. The first-order valence-electron chi connectivity index (χ1n) is 10.3. The highest BCUT2D eigenvalue weighted by Gasteiger charge is 2.22. The summed E-state index contributed by atoms with van der Waals surface area (Å²) in [5.41, 5.74) is 6.71. The first kappa shape index (κ1) is 23.1. The smallest absolute Gasteiger partial charge is 0.243 e. The molecule has 6 nitrogen and oxygen atoms in total. The van der Waals surface area contributed by atoms with Crippen molar-refractivity contribution in [1.29, 1.82) is 0 Å². The molecule has 0 aliphatic heterocycles. The van der Waals surface area contributed by atoms with E-state index in [2.05, 4.69) is 41.5 Å². The van der Waals surface area contributed by atoms with Crippen LogP contribution >= 0.6 is 11.3 Å². The van der Waals surface area contributed by atoms with E-state index >= 15 is 0 Å². The van der Waals surface area contributed by atoms with Gasteiger partial charge in [0.15, 0.2) is 0 Å². The van der Waals surface area contributed by atoms with E-state index in [-0.39, 0.29) is 4.90 Å². The van der Waals surface area contributed by atoms with Gasteiger partial charge in [0.2, 0.25) is 15.2 Å². The molecule has 0 saturated carbocycles. The first-order chi connectivity index (χ1) is 14.8. The van der Waals surface area contributed by atoms with E-state index in [0.29, 0.717) is 29.8 Å². The van der Waals surface area contributed by atoms with Gasteiger partial charge in [-0.3, -0.25) is 5.43 Å². The van der Waals surface area contributed by atoms with Crippen LogP contribution in [0.25, 0.3) is 11.3 Å². The standard InChI is InChI=1S/C23H28N4O2S2/c1-5-27(6-2)31(28,29)21-9-7-8-20(14-21)22-16-30-23(25-22)26-24-15-18-10-12-19(13-11-18)17(3)4/h7-17H,5-6H2,1-4H3,(H,25,26). The molecule has 0 atom stereocenters. The Kier molecular flexibility index (Phi) is 7.59. The highest BCUT2D eigenvalue weighted by Crippen LogP contribution is 2.27. The molecule has 0 radical (unpaired) electrons. The van der Waals surface area contributed by atoms with E-state index in [1.165, 1.54) is 21.2 Å². The van der Waals surface area contributed by atoms with Crippen LogP contribution in [0.1, 0.15) is 44.7 Å². The molecule has 0 amide bonds. The third-order valence-corrected chi connectivity index (χ3v) is 7.75. The van der Waals surface area contributed by atoms with Crippen molar-refractivity contribution in [2.24, 2.45) is 5.10 Å². The van der Waals surface area contributed by atoms with Gasteiger partial charge < -0.3 is 0 Å². The molecule has 0 aliphatic carbocycles. The Hall–Kier alpha value is -2.55. The molecular weight excluding hydrogens is 428 g/mol. The molecule has 3 rings (SSSR count). The van der Waals surface area contributed by atoms with Gasteiger partial charge in [0.05, 0.1) is 16.8 Å². The van der Waals surface area contributed by atoms with Crippen molar-refractivity contribution in [2.75, 3.05) is 18.5 Å². The summed E-state index contributed by atoms with van der Waals surface area (Å²) in [5.74, 6) is 0.498. The maximum atomic E-state index is 12.8. The summed E-state index contributed by atoms with van der Waals surface area (Å²) >= 11 is 1.42. The molecule has 0 fully saturated rings. The summed E-state index contributed by atoms with van der Waals surface area (Å²) in [6.07, 6.45) is 1.75. The average Bonchev–Trinajstić information content (AvgIpc) is 3.24. The van der Waals surface area contributed by atoms with E-state index in [4.69, 9.17) is 0 Å². The Morgan fingerprint density at radius 3 is 2.48 bits per heavy atom. The molecule has 0 aliphatic rings. The van der Waals surface area contributed by atoms with E-state index in [9.17, 15) is 8.42 Å². The lowest BCUT2D eigenvalue weighted by atomic mass is 10.0. The average molecular weight is 457 g/mol. The second-order valence-electron chi connectivity index (χ2n) is 7.35. The molecule has 164 valence electrons. The number of hydrogen-bond donors (Lipinski definition) is 1. The lowest BCUT2D eigenvalue weighted by Crippen LogP contribution is -2.30. The molecule has 0 spiro atoms. The van der Waals surface area contributed by atoms with Crippen molar-refractivity contribution < 1.29 is 8.42 Å². The second-order valence-corrected chi connectivity index (χ2v) is 10.1. The number of aromatic nitrogens is 1. The Bertz CT molecular complexity index is 1130. The number of nitrogens with one attached hydrogen (secondary N) is 1. The monoisotopic (exact) mass is 456 g/mol. The van der Waals surface area contributed by atoms with E-state index in [1.54, 1.807) is 24.4 Å². The van der Waals surface area contributed by atoms with Crippen LogP contribution in [0.15, 0.2) is 63.9 Å². The zero-order valence-electron chi connectivity index (χ0n) is 18.2. The van der Waals surface area contributed by atoms with E-state index in [0.717, 1.165) is 11.1 Å². The fourth-order valence-corrected chi connectivity index (χ4v) is 5.29. The summed E-state index contributed by atoms with van der Waals surface area (Å²) in [5, 5.41) is 6.79. The number of sulfonamides is 1. The lowest BCUT2D eigenvalue weighted by Gasteiger charge is -2.18. The maximum absolute atomic E-state index is 12.8. The number of nitrogens with zero attached hydrogens (tertiary/aromatic N) is 3. The van der Waals surface area contributed by atoms with Gasteiger partial charge in [-0.15, -0.1) is 11.3 Å². The summed E-state index contributed by atoms with van der Waals surface area (Å²) in [6.45, 7) is 8.88. The number of benzene rings is 2. The second kappa shape index (κ2) is 10.2. The Balaban J connectivity index is 1.72. The van der Waals surface area contributed by atoms with Crippen molar-refractivity contribution in [3.05, 3.63) is 65.0 Å². The molecule has 8 heteroatoms. The molecule has 0 saturated heterocycles. The Morgan fingerprint density at radius 2 is 1.84 bits per heavy atom. The third-order valence-electron chi connectivity index (χ3n) is 4.95. The van der Waals surface area contributed by atoms with Gasteiger partial charge in [-0.1, -0.05) is 64.1 Å². The molecule has 2 aromatic carbocycles. The van der Waals surface area contributed by atoms with Crippen molar-refractivity contribution >= 4 is 32.7 Å². The molecule has 0 unspecified atom stereocenters. The maximum Gasteiger partial charge on any atom is 0.243 e. The molecular formula is C23H28N4O2S2. The van der Waals surface area contributed by atoms with Gasteiger partial charge in [0.25, 0.3) is 0 Å². The fourth-order valence-electron chi connectivity index (χ4n) is 3.12. The number of thiazole rings is 1. The van der Waals surface area contributed by atoms with Gasteiger partial charge in [-0.25, -0.2) is 13.4 Å². The SMILES string of the molecule is CCN(CC)S(=O)(=O)c1cccc(-c2csc(NN=Cc3ccc(C(C)C)cc3)n2)c1. The third kappa shape index (κ3) is 5.58. The molecule has 1 heterocycles. The van der Waals surface area contributed by atoms with E-state index in [1.807, 2.05) is 37.4 Å². The van der Waals surface area contributed by atoms with Crippen LogP contribution in [0.5, 0.6) is 0 Å². The number of rotatable bonds is 9. The summed E-state index contributed by atoms with van der Waals surface area (Å²) in [7, 11) is -3.51. The molecule has 31 heavy (non-hydrogen) atoms. The summed E-state index contributed by atoms with van der Waals surface area (Å²) in [4.78, 5) is 4.82. The van der Waals surface area contributed by atoms with Crippen LogP contribution in [0.4, 0.5) is 5.13 Å². The molecule has 3 aromatic rings. The number of hydrogen-bond acceptors (Lipinski definition) is 6. The van der Waals surface area contributed by atoms with Crippen molar-refractivity contribution in [2.45, 2.75) is 38.5 Å². The number of anilines is 1. The van der Waals surface area contributed by atoms with Crippen LogP contribution < -0.4 is 5.43 Å². The molecule has 1 aromatic heterocycles. The Morgan fingerprint density at radius 1 is 1.13 bits per heavy atom. The van der Waals surface area contributed by atoms with Crippen LogP contribution in [-0.4, -0.2) is 37.0 Å². The van der Waals surface area contributed by atoms with Crippen LogP contribution in [0.2, 0.25) is 0 Å². The summed E-state index contributed by atoms with van der Waals surface area (Å²) in [6, 6.07) is 15.2. The number of hydrazone groups is 1. The van der Waals surface area contributed by atoms with Gasteiger partial charge in [-0.05, 0) is 29.2 Å². The largest absolute Gasteiger partial charge is 0.253 e. The minimum absolute atomic E-state index is 0.277. The minimum atomic E-state index is -3.51. The van der Waals surface area contributed by atoms with Gasteiger partial charge in [-0.2, -0.15) is 9.41 Å². The fraction of sp³-hybridized carbons (Fsp3) is 0.304. The Labute approximate surface area is 188 Å². The minimum Gasteiger partial charge on any atom is -0.253 e. The van der Waals surface area contributed by atoms with Crippen LogP contribution in [-0.2, 0) is 10.0 Å². The van der Waals surface area contributed by atoms with Crippen LogP contribution in [0, 0.1) is 0 Å².